The van der Waals surface area contributed by atoms with Gasteiger partial charge in [0.15, 0.2) is 0 Å². The zero-order valence-electron chi connectivity index (χ0n) is 12.1. The Kier molecular flexibility index (Phi) is 5.47. The molecule has 0 amide bonds. The highest BCUT2D eigenvalue weighted by Gasteiger charge is 2.10. The van der Waals surface area contributed by atoms with E-state index in [0.29, 0.717) is 13.2 Å². The van der Waals surface area contributed by atoms with Crippen LogP contribution in [0.3, 0.4) is 0 Å². The van der Waals surface area contributed by atoms with Crippen molar-refractivity contribution >= 4 is 15.9 Å². The predicted molar refractivity (Wildman–Crippen MR) is 85.9 cm³/mol. The van der Waals surface area contributed by atoms with Gasteiger partial charge in [-0.25, -0.2) is 0 Å². The molecule has 0 atom stereocenters. The molecule has 0 spiro atoms. The van der Waals surface area contributed by atoms with Gasteiger partial charge in [0, 0.05) is 12.1 Å². The van der Waals surface area contributed by atoms with Crippen molar-refractivity contribution < 1.29 is 14.2 Å². The van der Waals surface area contributed by atoms with Crippen LogP contribution >= 0.6 is 15.9 Å². The van der Waals surface area contributed by atoms with E-state index >= 15 is 0 Å². The number of rotatable bonds is 6. The van der Waals surface area contributed by atoms with Crippen LogP contribution in [0.25, 0.3) is 0 Å². The lowest BCUT2D eigenvalue weighted by molar-refractivity contribution is 0.295. The lowest BCUT2D eigenvalue weighted by Crippen LogP contribution is -2.01. The largest absolute Gasteiger partial charge is 0.496 e. The lowest BCUT2D eigenvalue weighted by Gasteiger charge is -2.13. The van der Waals surface area contributed by atoms with Crippen molar-refractivity contribution in [3.63, 3.8) is 0 Å². The number of benzene rings is 2. The average molecular weight is 352 g/mol. The van der Waals surface area contributed by atoms with Crippen LogP contribution in [0.5, 0.6) is 17.2 Å². The summed E-state index contributed by atoms with van der Waals surface area (Å²) in [6.07, 6.45) is 0. The van der Waals surface area contributed by atoms with E-state index in [9.17, 15) is 0 Å². The van der Waals surface area contributed by atoms with Gasteiger partial charge in [0.25, 0.3) is 0 Å². The van der Waals surface area contributed by atoms with E-state index in [1.807, 2.05) is 36.4 Å². The van der Waals surface area contributed by atoms with Gasteiger partial charge in [-0.1, -0.05) is 12.1 Å². The maximum absolute atomic E-state index is 5.81. The quantitative estimate of drug-likeness (QED) is 0.865. The topological polar surface area (TPSA) is 53.7 Å². The van der Waals surface area contributed by atoms with Crippen LogP contribution in [0.15, 0.2) is 40.9 Å². The molecule has 0 saturated heterocycles. The number of halogens is 1. The first-order valence-electron chi connectivity index (χ1n) is 6.50. The van der Waals surface area contributed by atoms with E-state index in [1.54, 1.807) is 14.2 Å². The highest BCUT2D eigenvalue weighted by atomic mass is 79.9. The smallest absolute Gasteiger partial charge is 0.133 e. The third kappa shape index (κ3) is 3.89. The van der Waals surface area contributed by atoms with Crippen LogP contribution in [0.4, 0.5) is 0 Å². The third-order valence-corrected chi connectivity index (χ3v) is 3.70. The molecule has 4 nitrogen and oxygen atoms in total. The Labute approximate surface area is 132 Å². The maximum Gasteiger partial charge on any atom is 0.133 e. The second kappa shape index (κ2) is 7.33. The molecule has 112 valence electrons. The van der Waals surface area contributed by atoms with Crippen LogP contribution in [-0.2, 0) is 13.2 Å². The molecule has 2 aromatic rings. The van der Waals surface area contributed by atoms with Gasteiger partial charge in [0.2, 0.25) is 0 Å². The molecule has 0 bridgehead atoms. The van der Waals surface area contributed by atoms with Crippen molar-refractivity contribution in [1.29, 1.82) is 0 Å². The van der Waals surface area contributed by atoms with Gasteiger partial charge in [-0.2, -0.15) is 0 Å². The van der Waals surface area contributed by atoms with Gasteiger partial charge in [0.05, 0.1) is 18.7 Å². The van der Waals surface area contributed by atoms with E-state index < -0.39 is 0 Å². The third-order valence-electron chi connectivity index (χ3n) is 3.08. The number of hydrogen-bond donors (Lipinski definition) is 1. The Morgan fingerprint density at radius 1 is 1.05 bits per heavy atom. The summed E-state index contributed by atoms with van der Waals surface area (Å²) in [6.45, 7) is 0.882. The minimum atomic E-state index is 0.390. The van der Waals surface area contributed by atoms with Crippen molar-refractivity contribution in [3.8, 4) is 17.2 Å². The van der Waals surface area contributed by atoms with Crippen molar-refractivity contribution in [2.75, 3.05) is 14.2 Å². The Balaban J connectivity index is 2.18. The minimum absolute atomic E-state index is 0.390. The Hall–Kier alpha value is -1.72. The number of methoxy groups -OCH3 is 2. The monoisotopic (exact) mass is 351 g/mol. The summed E-state index contributed by atoms with van der Waals surface area (Å²) in [7, 11) is 3.26. The standard InChI is InChI=1S/C16H18BrNO3/c1-19-15-8-14(17)16(20-2)7-12(15)10-21-13-5-3-4-11(6-13)9-18/h3-8H,9-10,18H2,1-2H3. The minimum Gasteiger partial charge on any atom is -0.496 e. The fourth-order valence-corrected chi connectivity index (χ4v) is 2.44. The molecule has 2 rings (SSSR count). The van der Waals surface area contributed by atoms with Crippen LogP contribution in [0.1, 0.15) is 11.1 Å². The van der Waals surface area contributed by atoms with Crippen LogP contribution in [0.2, 0.25) is 0 Å². The van der Waals surface area contributed by atoms with E-state index in [0.717, 1.165) is 32.8 Å². The fraction of sp³-hybridized carbons (Fsp3) is 0.250. The zero-order chi connectivity index (χ0) is 15.2. The van der Waals surface area contributed by atoms with Gasteiger partial charge >= 0.3 is 0 Å². The summed E-state index contributed by atoms with van der Waals surface area (Å²) in [4.78, 5) is 0. The van der Waals surface area contributed by atoms with Gasteiger partial charge in [-0.05, 0) is 45.8 Å². The first kappa shape index (κ1) is 15.7. The molecule has 0 aliphatic heterocycles. The van der Waals surface area contributed by atoms with Crippen LogP contribution in [-0.4, -0.2) is 14.2 Å². The SMILES string of the molecule is COc1cc(COc2cccc(CN)c2)c(OC)cc1Br. The van der Waals surface area contributed by atoms with E-state index in [-0.39, 0.29) is 0 Å². The molecule has 21 heavy (non-hydrogen) atoms. The molecule has 0 aliphatic carbocycles. The normalized spacial score (nSPS) is 10.3. The first-order valence-corrected chi connectivity index (χ1v) is 7.29. The molecule has 0 radical (unpaired) electrons. The first-order chi connectivity index (χ1) is 10.2. The summed E-state index contributed by atoms with van der Waals surface area (Å²) in [6, 6.07) is 11.5. The molecule has 0 aromatic heterocycles. The number of hydrogen-bond acceptors (Lipinski definition) is 4. The van der Waals surface area contributed by atoms with Crippen molar-refractivity contribution in [3.05, 3.63) is 52.0 Å². The molecular weight excluding hydrogens is 334 g/mol. The summed E-state index contributed by atoms with van der Waals surface area (Å²) in [5.41, 5.74) is 7.58. The summed E-state index contributed by atoms with van der Waals surface area (Å²) < 4.78 is 17.3. The van der Waals surface area contributed by atoms with Gasteiger partial charge < -0.3 is 19.9 Å². The Morgan fingerprint density at radius 2 is 1.81 bits per heavy atom. The van der Waals surface area contributed by atoms with E-state index in [2.05, 4.69) is 15.9 Å². The van der Waals surface area contributed by atoms with Gasteiger partial charge in [0.1, 0.15) is 23.9 Å². The predicted octanol–water partition coefficient (Wildman–Crippen LogP) is 3.50. The molecule has 0 heterocycles. The molecular formula is C16H18BrNO3. The lowest BCUT2D eigenvalue weighted by atomic mass is 10.2. The van der Waals surface area contributed by atoms with E-state index in [1.165, 1.54) is 0 Å². The summed E-state index contributed by atoms with van der Waals surface area (Å²) in [5, 5.41) is 0. The van der Waals surface area contributed by atoms with Crippen molar-refractivity contribution in [1.82, 2.24) is 0 Å². The van der Waals surface area contributed by atoms with Crippen molar-refractivity contribution in [2.24, 2.45) is 5.73 Å². The van der Waals surface area contributed by atoms with Gasteiger partial charge in [-0.15, -0.1) is 0 Å². The molecule has 0 unspecified atom stereocenters. The fourth-order valence-electron chi connectivity index (χ4n) is 1.96. The molecule has 5 heteroatoms. The highest BCUT2D eigenvalue weighted by molar-refractivity contribution is 9.10. The molecule has 0 saturated carbocycles. The van der Waals surface area contributed by atoms with Crippen molar-refractivity contribution in [2.45, 2.75) is 13.2 Å². The average Bonchev–Trinajstić information content (AvgIpc) is 2.53. The summed E-state index contributed by atoms with van der Waals surface area (Å²) >= 11 is 3.44. The van der Waals surface area contributed by atoms with E-state index in [4.69, 9.17) is 19.9 Å². The molecule has 2 N–H and O–H groups in total. The Morgan fingerprint density at radius 3 is 2.48 bits per heavy atom. The molecule has 0 fully saturated rings. The van der Waals surface area contributed by atoms with Crippen LogP contribution in [0, 0.1) is 0 Å². The van der Waals surface area contributed by atoms with Crippen LogP contribution < -0.4 is 19.9 Å². The summed E-state index contributed by atoms with van der Waals surface area (Å²) in [5.74, 6) is 2.27. The highest BCUT2D eigenvalue weighted by Crippen LogP contribution is 2.33. The Bertz CT molecular complexity index is 616. The van der Waals surface area contributed by atoms with Gasteiger partial charge in [-0.3, -0.25) is 0 Å². The molecule has 0 aliphatic rings. The second-order valence-electron chi connectivity index (χ2n) is 4.44. The molecule has 2 aromatic carbocycles. The zero-order valence-corrected chi connectivity index (χ0v) is 13.6. The number of ether oxygens (including phenoxy) is 3. The maximum atomic E-state index is 5.81. The second-order valence-corrected chi connectivity index (χ2v) is 5.29. The number of nitrogens with two attached hydrogens (primary N) is 1.